The minimum Gasteiger partial charge on any atom is -0.312 e. The minimum absolute atomic E-state index is 0.432. The van der Waals surface area contributed by atoms with Gasteiger partial charge in [0.05, 0.1) is 0 Å². The summed E-state index contributed by atoms with van der Waals surface area (Å²) in [7, 11) is 2.03. The van der Waals surface area contributed by atoms with E-state index >= 15 is 0 Å². The van der Waals surface area contributed by atoms with Crippen LogP contribution in [0.25, 0.3) is 10.8 Å². The van der Waals surface area contributed by atoms with Crippen molar-refractivity contribution in [1.82, 2.24) is 5.32 Å². The van der Waals surface area contributed by atoms with E-state index in [9.17, 15) is 0 Å². The molecule has 1 N–H and O–H groups in total. The summed E-state index contributed by atoms with van der Waals surface area (Å²) in [5.74, 6) is 1.10. The highest BCUT2D eigenvalue weighted by Gasteiger charge is 2.10. The molecular formula is C14H17NS. The van der Waals surface area contributed by atoms with Gasteiger partial charge in [-0.25, -0.2) is 0 Å². The fourth-order valence-electron chi connectivity index (χ4n) is 2.05. The molecule has 0 spiro atoms. The van der Waals surface area contributed by atoms with Gasteiger partial charge in [0.25, 0.3) is 0 Å². The highest BCUT2D eigenvalue weighted by atomic mass is 32.2. The Labute approximate surface area is 101 Å². The van der Waals surface area contributed by atoms with E-state index < -0.39 is 0 Å². The van der Waals surface area contributed by atoms with Gasteiger partial charge in [0, 0.05) is 11.8 Å². The maximum atomic E-state index is 3.39. The van der Waals surface area contributed by atoms with Gasteiger partial charge >= 0.3 is 0 Å². The average Bonchev–Trinajstić information content (AvgIpc) is 2.35. The van der Waals surface area contributed by atoms with Gasteiger partial charge in [0.2, 0.25) is 0 Å². The number of thioether (sulfide) groups is 1. The summed E-state index contributed by atoms with van der Waals surface area (Å²) in [5, 5.41) is 6.07. The van der Waals surface area contributed by atoms with Gasteiger partial charge in [-0.05, 0) is 29.6 Å². The van der Waals surface area contributed by atoms with Gasteiger partial charge in [-0.2, -0.15) is 11.8 Å². The Kier molecular flexibility index (Phi) is 3.86. The molecular weight excluding hydrogens is 214 g/mol. The summed E-state index contributed by atoms with van der Waals surface area (Å²) in [6.07, 6.45) is 2.15. The highest BCUT2D eigenvalue weighted by Crippen LogP contribution is 2.25. The lowest BCUT2D eigenvalue weighted by atomic mass is 10.00. The molecule has 2 rings (SSSR count). The molecule has 1 nitrogen and oxygen atoms in total. The normalized spacial score (nSPS) is 12.9. The Morgan fingerprint density at radius 1 is 1.12 bits per heavy atom. The number of hydrogen-bond acceptors (Lipinski definition) is 2. The molecule has 0 aliphatic carbocycles. The molecule has 0 saturated carbocycles. The van der Waals surface area contributed by atoms with E-state index in [0.29, 0.717) is 6.04 Å². The summed E-state index contributed by atoms with van der Waals surface area (Å²) in [4.78, 5) is 0. The number of fused-ring (bicyclic) bond motifs is 1. The van der Waals surface area contributed by atoms with Crippen molar-refractivity contribution in [3.63, 3.8) is 0 Å². The molecule has 0 aliphatic heterocycles. The molecule has 0 fully saturated rings. The Bertz CT molecular complexity index is 462. The predicted octanol–water partition coefficient (Wildman–Crippen LogP) is 3.46. The molecule has 2 aromatic carbocycles. The van der Waals surface area contributed by atoms with Crippen molar-refractivity contribution in [1.29, 1.82) is 0 Å². The number of nitrogens with one attached hydrogen (secondary N) is 1. The van der Waals surface area contributed by atoms with E-state index in [4.69, 9.17) is 0 Å². The first-order valence-corrected chi connectivity index (χ1v) is 6.90. The fraction of sp³-hybridized carbons (Fsp3) is 0.286. The van der Waals surface area contributed by atoms with E-state index in [1.165, 1.54) is 16.3 Å². The summed E-state index contributed by atoms with van der Waals surface area (Å²) >= 11 is 1.88. The van der Waals surface area contributed by atoms with Gasteiger partial charge in [0.15, 0.2) is 0 Å². The van der Waals surface area contributed by atoms with Crippen LogP contribution < -0.4 is 5.32 Å². The first-order chi connectivity index (χ1) is 7.86. The zero-order valence-electron chi connectivity index (χ0n) is 9.73. The molecule has 0 amide bonds. The molecule has 2 aromatic rings. The quantitative estimate of drug-likeness (QED) is 0.865. The summed E-state index contributed by atoms with van der Waals surface area (Å²) < 4.78 is 0. The lowest BCUT2D eigenvalue weighted by Gasteiger charge is -2.17. The van der Waals surface area contributed by atoms with Crippen LogP contribution >= 0.6 is 11.8 Å². The van der Waals surface area contributed by atoms with Crippen LogP contribution in [0.5, 0.6) is 0 Å². The molecule has 84 valence electrons. The van der Waals surface area contributed by atoms with Crippen molar-refractivity contribution in [2.24, 2.45) is 0 Å². The molecule has 0 bridgehead atoms. The lowest BCUT2D eigenvalue weighted by molar-refractivity contribution is 0.667. The number of hydrogen-bond donors (Lipinski definition) is 1. The fourth-order valence-corrected chi connectivity index (χ4v) is 2.73. The monoisotopic (exact) mass is 231 g/mol. The van der Waals surface area contributed by atoms with E-state index in [-0.39, 0.29) is 0 Å². The topological polar surface area (TPSA) is 12.0 Å². The summed E-state index contributed by atoms with van der Waals surface area (Å²) in [5.41, 5.74) is 1.40. The number of rotatable bonds is 4. The van der Waals surface area contributed by atoms with Gasteiger partial charge in [-0.3, -0.25) is 0 Å². The standard InChI is InChI=1S/C14H17NS/c1-15-14(10-16-2)13-9-5-7-11-6-3-4-8-12(11)13/h3-9,14-15H,10H2,1-2H3. The van der Waals surface area contributed by atoms with Crippen molar-refractivity contribution in [2.45, 2.75) is 6.04 Å². The van der Waals surface area contributed by atoms with E-state index in [1.54, 1.807) is 0 Å². The molecule has 16 heavy (non-hydrogen) atoms. The maximum absolute atomic E-state index is 3.39. The first-order valence-electron chi connectivity index (χ1n) is 5.50. The second kappa shape index (κ2) is 5.37. The largest absolute Gasteiger partial charge is 0.312 e. The molecule has 2 heteroatoms. The van der Waals surface area contributed by atoms with Crippen LogP contribution in [0.4, 0.5) is 0 Å². The van der Waals surface area contributed by atoms with Crippen molar-refractivity contribution in [3.05, 3.63) is 48.0 Å². The smallest absolute Gasteiger partial charge is 0.0415 e. The first kappa shape index (κ1) is 11.5. The van der Waals surface area contributed by atoms with E-state index in [1.807, 2.05) is 18.8 Å². The third-order valence-corrected chi connectivity index (χ3v) is 3.55. The van der Waals surface area contributed by atoms with Crippen molar-refractivity contribution in [3.8, 4) is 0 Å². The summed E-state index contributed by atoms with van der Waals surface area (Å²) in [6.45, 7) is 0. The molecule has 1 atom stereocenters. The zero-order valence-corrected chi connectivity index (χ0v) is 10.6. The predicted molar refractivity (Wildman–Crippen MR) is 74.1 cm³/mol. The van der Waals surface area contributed by atoms with Crippen molar-refractivity contribution < 1.29 is 0 Å². The van der Waals surface area contributed by atoms with Crippen LogP contribution in [0.3, 0.4) is 0 Å². The SMILES string of the molecule is CNC(CSC)c1cccc2ccccc12. The number of benzene rings is 2. The highest BCUT2D eigenvalue weighted by molar-refractivity contribution is 7.98. The van der Waals surface area contributed by atoms with Gasteiger partial charge in [-0.1, -0.05) is 42.5 Å². The maximum Gasteiger partial charge on any atom is 0.0415 e. The van der Waals surface area contributed by atoms with Crippen LogP contribution in [-0.2, 0) is 0 Å². The van der Waals surface area contributed by atoms with Crippen LogP contribution in [0.1, 0.15) is 11.6 Å². The third kappa shape index (κ3) is 2.23. The average molecular weight is 231 g/mol. The molecule has 0 aliphatic rings. The Morgan fingerprint density at radius 3 is 2.62 bits per heavy atom. The van der Waals surface area contributed by atoms with Crippen molar-refractivity contribution in [2.75, 3.05) is 19.1 Å². The van der Waals surface area contributed by atoms with Crippen LogP contribution in [-0.4, -0.2) is 19.1 Å². The van der Waals surface area contributed by atoms with E-state index in [2.05, 4.69) is 54.0 Å². The molecule has 0 radical (unpaired) electrons. The zero-order chi connectivity index (χ0) is 11.4. The van der Waals surface area contributed by atoms with Gasteiger partial charge < -0.3 is 5.32 Å². The van der Waals surface area contributed by atoms with Crippen molar-refractivity contribution >= 4 is 22.5 Å². The second-order valence-electron chi connectivity index (χ2n) is 3.86. The Morgan fingerprint density at radius 2 is 1.88 bits per heavy atom. The third-order valence-electron chi connectivity index (χ3n) is 2.88. The lowest BCUT2D eigenvalue weighted by Crippen LogP contribution is -2.18. The second-order valence-corrected chi connectivity index (χ2v) is 4.78. The van der Waals surface area contributed by atoms with Crippen LogP contribution in [0.15, 0.2) is 42.5 Å². The van der Waals surface area contributed by atoms with E-state index in [0.717, 1.165) is 5.75 Å². The molecule has 1 unspecified atom stereocenters. The molecule has 0 heterocycles. The summed E-state index contributed by atoms with van der Waals surface area (Å²) in [6, 6.07) is 15.5. The van der Waals surface area contributed by atoms with Gasteiger partial charge in [0.1, 0.15) is 0 Å². The molecule has 0 aromatic heterocycles. The van der Waals surface area contributed by atoms with Crippen LogP contribution in [0.2, 0.25) is 0 Å². The van der Waals surface area contributed by atoms with Crippen LogP contribution in [0, 0.1) is 0 Å². The Hall–Kier alpha value is -0.990. The van der Waals surface area contributed by atoms with Gasteiger partial charge in [-0.15, -0.1) is 0 Å². The minimum atomic E-state index is 0.432. The molecule has 0 saturated heterocycles. The Balaban J connectivity index is 2.50.